The Morgan fingerprint density at radius 3 is 1.20 bits per heavy atom. The Kier molecular flexibility index (Phi) is 10.7. The molecule has 0 saturated carbocycles. The third-order valence-corrected chi connectivity index (χ3v) is 3.01. The Hall–Kier alpha value is -2.52. The molecule has 0 atom stereocenters. The van der Waals surface area contributed by atoms with Gasteiger partial charge >= 0.3 is 19.5 Å². The van der Waals surface area contributed by atoms with Crippen LogP contribution in [0, 0.1) is 0 Å². The molecule has 124 valence electrons. The van der Waals surface area contributed by atoms with Gasteiger partial charge in [-0.05, 0) is 36.1 Å². The Labute approximate surface area is 160 Å². The third-order valence-electron chi connectivity index (χ3n) is 3.01. The Morgan fingerprint density at radius 2 is 0.960 bits per heavy atom. The van der Waals surface area contributed by atoms with E-state index in [1.807, 2.05) is 60.7 Å². The maximum Gasteiger partial charge on any atom is 2.00 e. The van der Waals surface area contributed by atoms with Crippen molar-refractivity contribution in [3.63, 3.8) is 0 Å². The fourth-order valence-electron chi connectivity index (χ4n) is 1.72. The largest absolute Gasteiger partial charge is 2.00 e. The standard InChI is InChI=1S/2C10H10O2.Zn/c2*1-8(10(11)12)7-9-5-3-2-4-6-9;/h2*2-7H,1H3,(H,11,12);/q;;+2/p-2/b2*8-7+;. The monoisotopic (exact) mass is 386 g/mol. The zero-order chi connectivity index (χ0) is 17.9. The Morgan fingerprint density at radius 1 is 0.680 bits per heavy atom. The summed E-state index contributed by atoms with van der Waals surface area (Å²) in [4.78, 5) is 20.6. The predicted molar refractivity (Wildman–Crippen MR) is 90.2 cm³/mol. The molecule has 0 aliphatic heterocycles. The van der Waals surface area contributed by atoms with Gasteiger partial charge in [0.25, 0.3) is 0 Å². The van der Waals surface area contributed by atoms with E-state index in [1.54, 1.807) is 12.2 Å². The van der Waals surface area contributed by atoms with E-state index >= 15 is 0 Å². The van der Waals surface area contributed by atoms with E-state index in [-0.39, 0.29) is 30.6 Å². The van der Waals surface area contributed by atoms with Crippen molar-refractivity contribution in [2.45, 2.75) is 13.8 Å². The molecule has 25 heavy (non-hydrogen) atoms. The molecule has 0 saturated heterocycles. The van der Waals surface area contributed by atoms with Gasteiger partial charge in [0.15, 0.2) is 0 Å². The first-order valence-electron chi connectivity index (χ1n) is 7.29. The van der Waals surface area contributed by atoms with Crippen molar-refractivity contribution in [3.8, 4) is 0 Å². The summed E-state index contributed by atoms with van der Waals surface area (Å²) in [5, 5.41) is 20.6. The minimum absolute atomic E-state index is 0. The number of rotatable bonds is 4. The molecule has 0 unspecified atom stereocenters. The van der Waals surface area contributed by atoms with Gasteiger partial charge in [0.05, 0.1) is 11.9 Å². The van der Waals surface area contributed by atoms with Crippen LogP contribution in [-0.2, 0) is 29.1 Å². The second-order valence-corrected chi connectivity index (χ2v) is 5.05. The van der Waals surface area contributed by atoms with E-state index in [2.05, 4.69) is 0 Å². The van der Waals surface area contributed by atoms with E-state index in [1.165, 1.54) is 13.8 Å². The van der Waals surface area contributed by atoms with Gasteiger partial charge in [-0.25, -0.2) is 0 Å². The quantitative estimate of drug-likeness (QED) is 0.590. The normalized spacial score (nSPS) is 10.8. The molecule has 0 aliphatic rings. The van der Waals surface area contributed by atoms with Crippen LogP contribution in [0.3, 0.4) is 0 Å². The van der Waals surface area contributed by atoms with Crippen molar-refractivity contribution in [1.29, 1.82) is 0 Å². The molecule has 4 nitrogen and oxygen atoms in total. The number of aliphatic carboxylic acids is 2. The predicted octanol–water partition coefficient (Wildman–Crippen LogP) is 1.68. The molecular formula is C20H18O4Zn. The van der Waals surface area contributed by atoms with Gasteiger partial charge < -0.3 is 19.8 Å². The van der Waals surface area contributed by atoms with Crippen LogP contribution >= 0.6 is 0 Å². The third kappa shape index (κ3) is 9.38. The van der Waals surface area contributed by atoms with Gasteiger partial charge in [0, 0.05) is 0 Å². The first-order chi connectivity index (χ1) is 11.4. The van der Waals surface area contributed by atoms with Crippen LogP contribution in [0.15, 0.2) is 71.8 Å². The molecule has 0 heterocycles. The number of benzene rings is 2. The van der Waals surface area contributed by atoms with Crippen molar-refractivity contribution >= 4 is 24.1 Å². The average molecular weight is 388 g/mol. The molecule has 0 amide bonds. The van der Waals surface area contributed by atoms with Crippen molar-refractivity contribution in [2.75, 3.05) is 0 Å². The minimum atomic E-state index is -1.13. The topological polar surface area (TPSA) is 80.3 Å². The van der Waals surface area contributed by atoms with Crippen molar-refractivity contribution in [2.24, 2.45) is 0 Å². The van der Waals surface area contributed by atoms with Gasteiger partial charge in [-0.1, -0.05) is 72.8 Å². The molecule has 5 heteroatoms. The number of hydrogen-bond donors (Lipinski definition) is 0. The number of carboxylic acids is 2. The Bertz CT molecular complexity index is 669. The summed E-state index contributed by atoms with van der Waals surface area (Å²) in [5.74, 6) is -2.25. The van der Waals surface area contributed by atoms with Crippen LogP contribution in [-0.4, -0.2) is 11.9 Å². The number of carboxylic acid groups (broad SMARTS) is 2. The molecule has 0 aromatic heterocycles. The van der Waals surface area contributed by atoms with Crippen molar-refractivity contribution in [3.05, 3.63) is 82.9 Å². The fourth-order valence-corrected chi connectivity index (χ4v) is 1.72. The van der Waals surface area contributed by atoms with Crippen LogP contribution in [0.4, 0.5) is 0 Å². The minimum Gasteiger partial charge on any atom is -0.545 e. The summed E-state index contributed by atoms with van der Waals surface area (Å²) in [7, 11) is 0. The average Bonchev–Trinajstić information content (AvgIpc) is 2.57. The summed E-state index contributed by atoms with van der Waals surface area (Å²) >= 11 is 0. The van der Waals surface area contributed by atoms with E-state index < -0.39 is 11.9 Å². The summed E-state index contributed by atoms with van der Waals surface area (Å²) in [6, 6.07) is 18.5. The molecule has 0 bridgehead atoms. The Balaban J connectivity index is 0.000000443. The summed E-state index contributed by atoms with van der Waals surface area (Å²) in [5.41, 5.74) is 2.22. The van der Waals surface area contributed by atoms with Crippen LogP contribution < -0.4 is 10.2 Å². The van der Waals surface area contributed by atoms with Crippen LogP contribution in [0.2, 0.25) is 0 Å². The zero-order valence-electron chi connectivity index (χ0n) is 14.3. The van der Waals surface area contributed by atoms with Crippen LogP contribution in [0.25, 0.3) is 12.2 Å². The second-order valence-electron chi connectivity index (χ2n) is 5.05. The molecule has 0 radical (unpaired) electrons. The fraction of sp³-hybridized carbons (Fsp3) is 0.100. The maximum atomic E-state index is 10.3. The van der Waals surface area contributed by atoms with Gasteiger partial charge in [-0.2, -0.15) is 0 Å². The van der Waals surface area contributed by atoms with Gasteiger partial charge in [-0.15, -0.1) is 0 Å². The SMILES string of the molecule is C/C(=C\c1ccccc1)C(=O)[O-].C/C(=C\c1ccccc1)C(=O)[O-].[Zn+2]. The molecule has 0 spiro atoms. The first-order valence-corrected chi connectivity index (χ1v) is 7.29. The zero-order valence-corrected chi connectivity index (χ0v) is 17.2. The van der Waals surface area contributed by atoms with Crippen molar-refractivity contribution < 1.29 is 39.3 Å². The maximum absolute atomic E-state index is 10.3. The molecular weight excluding hydrogens is 370 g/mol. The van der Waals surface area contributed by atoms with E-state index in [9.17, 15) is 19.8 Å². The van der Waals surface area contributed by atoms with E-state index in [0.717, 1.165) is 11.1 Å². The second kappa shape index (κ2) is 11.9. The molecule has 2 aromatic rings. The number of carbonyl (C=O) groups is 2. The van der Waals surface area contributed by atoms with Crippen LogP contribution in [0.1, 0.15) is 25.0 Å². The molecule has 2 rings (SSSR count). The molecule has 0 N–H and O–H groups in total. The van der Waals surface area contributed by atoms with Crippen LogP contribution in [0.5, 0.6) is 0 Å². The molecule has 0 fully saturated rings. The molecule has 0 aliphatic carbocycles. The smallest absolute Gasteiger partial charge is 0.545 e. The first kappa shape index (κ1) is 22.5. The molecule has 2 aromatic carbocycles. The van der Waals surface area contributed by atoms with E-state index in [4.69, 9.17) is 0 Å². The van der Waals surface area contributed by atoms with Crippen molar-refractivity contribution in [1.82, 2.24) is 0 Å². The summed E-state index contributed by atoms with van der Waals surface area (Å²) < 4.78 is 0. The summed E-state index contributed by atoms with van der Waals surface area (Å²) in [6.07, 6.45) is 3.16. The van der Waals surface area contributed by atoms with E-state index in [0.29, 0.717) is 0 Å². The van der Waals surface area contributed by atoms with Gasteiger partial charge in [-0.3, -0.25) is 0 Å². The number of carbonyl (C=O) groups excluding carboxylic acids is 2. The van der Waals surface area contributed by atoms with Gasteiger partial charge in [0.1, 0.15) is 0 Å². The van der Waals surface area contributed by atoms with Gasteiger partial charge in [0.2, 0.25) is 0 Å². The number of hydrogen-bond acceptors (Lipinski definition) is 4. The summed E-state index contributed by atoms with van der Waals surface area (Å²) in [6.45, 7) is 3.03.